The van der Waals surface area contributed by atoms with E-state index in [-0.39, 0.29) is 17.9 Å². The number of para-hydroxylation sites is 1. The number of benzene rings is 2. The van der Waals surface area contributed by atoms with E-state index in [4.69, 9.17) is 0 Å². The first-order valence-electron chi connectivity index (χ1n) is 12.5. The Balaban J connectivity index is 1.27. The number of carbonyl (C=O) groups is 2. The van der Waals surface area contributed by atoms with E-state index in [0.717, 1.165) is 49.0 Å². The number of hydrogen-bond donors (Lipinski definition) is 1. The van der Waals surface area contributed by atoms with Crippen molar-refractivity contribution in [3.8, 4) is 0 Å². The smallest absolute Gasteiger partial charge is 0.321 e. The van der Waals surface area contributed by atoms with E-state index in [1.807, 2.05) is 30.3 Å². The number of urea groups is 1. The molecule has 1 atom stereocenters. The zero-order valence-corrected chi connectivity index (χ0v) is 20.7. The van der Waals surface area contributed by atoms with Crippen molar-refractivity contribution in [1.82, 2.24) is 9.21 Å². The lowest BCUT2D eigenvalue weighted by Crippen LogP contribution is -2.47. The second-order valence-electron chi connectivity index (χ2n) is 9.58. The minimum Gasteiger partial charge on any atom is -0.324 e. The fraction of sp³-hybridized carbons (Fsp3) is 0.462. The van der Waals surface area contributed by atoms with Gasteiger partial charge in [0.1, 0.15) is 0 Å². The third-order valence-electron chi connectivity index (χ3n) is 7.25. The van der Waals surface area contributed by atoms with Gasteiger partial charge >= 0.3 is 6.03 Å². The number of amides is 3. The highest BCUT2D eigenvalue weighted by molar-refractivity contribution is 7.89. The van der Waals surface area contributed by atoms with Gasteiger partial charge in [-0.2, -0.15) is 4.31 Å². The van der Waals surface area contributed by atoms with Crippen molar-refractivity contribution in [2.75, 3.05) is 42.9 Å². The normalized spacial score (nSPS) is 21.0. The minimum absolute atomic E-state index is 0.00704. The van der Waals surface area contributed by atoms with E-state index in [1.54, 1.807) is 32.3 Å². The molecule has 1 unspecified atom stereocenters. The summed E-state index contributed by atoms with van der Waals surface area (Å²) >= 11 is 0. The summed E-state index contributed by atoms with van der Waals surface area (Å²) in [6.07, 6.45) is 5.01. The zero-order valence-electron chi connectivity index (χ0n) is 19.9. The average molecular weight is 497 g/mol. The van der Waals surface area contributed by atoms with E-state index >= 15 is 0 Å². The summed E-state index contributed by atoms with van der Waals surface area (Å²) in [4.78, 5) is 30.0. The monoisotopic (exact) mass is 496 g/mol. The fourth-order valence-electron chi connectivity index (χ4n) is 5.33. The van der Waals surface area contributed by atoms with Crippen LogP contribution in [0.4, 0.5) is 16.2 Å². The van der Waals surface area contributed by atoms with Crippen molar-refractivity contribution < 1.29 is 18.0 Å². The Labute approximate surface area is 206 Å². The van der Waals surface area contributed by atoms with Crippen LogP contribution in [0, 0.1) is 5.92 Å². The van der Waals surface area contributed by atoms with Gasteiger partial charge in [-0.1, -0.05) is 24.6 Å². The van der Waals surface area contributed by atoms with Crippen LogP contribution in [-0.2, 0) is 21.2 Å². The van der Waals surface area contributed by atoms with Crippen LogP contribution in [0.5, 0.6) is 0 Å². The Morgan fingerprint density at radius 2 is 1.66 bits per heavy atom. The number of rotatable bonds is 4. The van der Waals surface area contributed by atoms with Gasteiger partial charge in [-0.3, -0.25) is 4.79 Å². The van der Waals surface area contributed by atoms with Gasteiger partial charge in [0.15, 0.2) is 0 Å². The summed E-state index contributed by atoms with van der Waals surface area (Å²) < 4.78 is 27.7. The lowest BCUT2D eigenvalue weighted by atomic mass is 9.96. The fourth-order valence-corrected chi connectivity index (χ4v) is 6.90. The molecule has 3 aliphatic heterocycles. The summed E-state index contributed by atoms with van der Waals surface area (Å²) in [5.41, 5.74) is 2.42. The summed E-state index contributed by atoms with van der Waals surface area (Å²) in [7, 11) is -3.51. The zero-order chi connectivity index (χ0) is 24.4. The van der Waals surface area contributed by atoms with Gasteiger partial charge in [0.05, 0.1) is 10.8 Å². The van der Waals surface area contributed by atoms with Gasteiger partial charge in [-0.25, -0.2) is 13.2 Å². The van der Waals surface area contributed by atoms with Crippen LogP contribution in [0.25, 0.3) is 0 Å². The molecule has 1 N–H and O–H groups in total. The van der Waals surface area contributed by atoms with Crippen LogP contribution < -0.4 is 10.2 Å². The highest BCUT2D eigenvalue weighted by atomic mass is 32.2. The van der Waals surface area contributed by atoms with E-state index in [9.17, 15) is 18.0 Å². The van der Waals surface area contributed by atoms with Crippen LogP contribution in [0.3, 0.4) is 0 Å². The van der Waals surface area contributed by atoms with Crippen LogP contribution in [-0.4, -0.2) is 62.3 Å². The molecular weight excluding hydrogens is 464 g/mol. The van der Waals surface area contributed by atoms with Crippen molar-refractivity contribution in [1.29, 1.82) is 0 Å². The summed E-state index contributed by atoms with van der Waals surface area (Å²) in [5, 5.41) is 2.90. The number of sulfonamides is 1. The Bertz CT molecular complexity index is 1200. The first kappa shape index (κ1) is 23.8. The van der Waals surface area contributed by atoms with Crippen LogP contribution >= 0.6 is 0 Å². The van der Waals surface area contributed by atoms with Crippen molar-refractivity contribution in [3.63, 3.8) is 0 Å². The van der Waals surface area contributed by atoms with Gasteiger partial charge in [0, 0.05) is 44.1 Å². The number of anilines is 2. The van der Waals surface area contributed by atoms with Gasteiger partial charge in [0.2, 0.25) is 15.9 Å². The lowest BCUT2D eigenvalue weighted by Gasteiger charge is -2.34. The topological polar surface area (TPSA) is 90.0 Å². The Hall–Kier alpha value is -2.91. The van der Waals surface area contributed by atoms with E-state index in [0.29, 0.717) is 44.0 Å². The SMILES string of the molecule is O=C(Nc1ccccc1)N1CCCC(C(=O)N2CCc3cc(S(=O)(=O)N4CCCCC4)ccc32)C1. The van der Waals surface area contributed by atoms with Crippen LogP contribution in [0.15, 0.2) is 53.4 Å². The molecule has 5 rings (SSSR count). The second-order valence-corrected chi connectivity index (χ2v) is 11.5. The van der Waals surface area contributed by atoms with E-state index < -0.39 is 10.0 Å². The number of fused-ring (bicyclic) bond motifs is 1. The predicted octanol–water partition coefficient (Wildman–Crippen LogP) is 3.69. The number of nitrogens with zero attached hydrogens (tertiary/aromatic N) is 3. The third kappa shape index (κ3) is 4.92. The minimum atomic E-state index is -3.51. The molecule has 0 saturated carbocycles. The molecule has 3 amide bonds. The molecule has 9 heteroatoms. The number of piperidine rings is 2. The first-order chi connectivity index (χ1) is 16.9. The Morgan fingerprint density at radius 3 is 2.43 bits per heavy atom. The van der Waals surface area contributed by atoms with Gasteiger partial charge in [-0.05, 0) is 68.0 Å². The first-order valence-corrected chi connectivity index (χ1v) is 13.9. The summed E-state index contributed by atoms with van der Waals surface area (Å²) in [5.74, 6) is -0.263. The lowest BCUT2D eigenvalue weighted by molar-refractivity contribution is -0.123. The van der Waals surface area contributed by atoms with Crippen LogP contribution in [0.2, 0.25) is 0 Å². The summed E-state index contributed by atoms with van der Waals surface area (Å²) in [6.45, 7) is 2.68. The highest BCUT2D eigenvalue weighted by Crippen LogP contribution is 2.34. The number of nitrogens with one attached hydrogen (secondary N) is 1. The molecule has 35 heavy (non-hydrogen) atoms. The molecule has 0 radical (unpaired) electrons. The second kappa shape index (κ2) is 9.99. The number of likely N-dealkylation sites (tertiary alicyclic amines) is 1. The molecule has 2 fully saturated rings. The molecule has 2 aromatic rings. The predicted molar refractivity (Wildman–Crippen MR) is 135 cm³/mol. The van der Waals surface area contributed by atoms with Crippen molar-refractivity contribution >= 4 is 33.3 Å². The number of hydrogen-bond acceptors (Lipinski definition) is 4. The highest BCUT2D eigenvalue weighted by Gasteiger charge is 2.35. The molecule has 0 bridgehead atoms. The van der Waals surface area contributed by atoms with E-state index in [1.165, 1.54) is 0 Å². The van der Waals surface area contributed by atoms with Crippen LogP contribution in [0.1, 0.15) is 37.7 Å². The molecular formula is C26H32N4O4S. The molecule has 8 nitrogen and oxygen atoms in total. The van der Waals surface area contributed by atoms with Crippen molar-refractivity contribution in [2.45, 2.75) is 43.4 Å². The summed E-state index contributed by atoms with van der Waals surface area (Å²) in [6, 6.07) is 14.3. The molecule has 0 aliphatic carbocycles. The number of carbonyl (C=O) groups excluding carboxylic acids is 2. The quantitative estimate of drug-likeness (QED) is 0.699. The largest absolute Gasteiger partial charge is 0.324 e. The molecule has 3 aliphatic rings. The molecule has 186 valence electrons. The molecule has 2 aromatic carbocycles. The molecule has 0 spiro atoms. The molecule has 0 aromatic heterocycles. The maximum Gasteiger partial charge on any atom is 0.321 e. The van der Waals surface area contributed by atoms with Crippen molar-refractivity contribution in [2.24, 2.45) is 5.92 Å². The standard InChI is InChI=1S/C26H32N4O4S/c31-25(21-8-7-14-28(19-21)26(32)27-22-9-3-1-4-10-22)30-17-13-20-18-23(11-12-24(20)30)35(33,34)29-15-5-2-6-16-29/h1,3-4,9-12,18,21H,2,5-8,13-17,19H2,(H,27,32). The van der Waals surface area contributed by atoms with Gasteiger partial charge < -0.3 is 15.1 Å². The van der Waals surface area contributed by atoms with Gasteiger partial charge in [-0.15, -0.1) is 0 Å². The Kier molecular flexibility index (Phi) is 6.80. The third-order valence-corrected chi connectivity index (χ3v) is 9.14. The van der Waals surface area contributed by atoms with Crippen molar-refractivity contribution in [3.05, 3.63) is 54.1 Å². The van der Waals surface area contributed by atoms with Gasteiger partial charge in [0.25, 0.3) is 0 Å². The molecule has 3 heterocycles. The maximum atomic E-state index is 13.5. The molecule has 2 saturated heterocycles. The Morgan fingerprint density at radius 1 is 0.886 bits per heavy atom. The van der Waals surface area contributed by atoms with E-state index in [2.05, 4.69) is 5.32 Å². The maximum absolute atomic E-state index is 13.5. The average Bonchev–Trinajstić information content (AvgIpc) is 3.33.